The lowest BCUT2D eigenvalue weighted by Gasteiger charge is -2.33. The summed E-state index contributed by atoms with van der Waals surface area (Å²) in [5.41, 5.74) is 0.630. The number of carbonyl (C=O) groups is 1. The molecule has 0 saturated carbocycles. The van der Waals surface area contributed by atoms with E-state index in [0.29, 0.717) is 30.4 Å². The monoisotopic (exact) mass is 336 g/mol. The molecule has 0 aliphatic carbocycles. The number of benzene rings is 1. The minimum atomic E-state index is -0.770. The minimum absolute atomic E-state index is 0.275. The topological polar surface area (TPSA) is 78.1 Å². The minimum Gasteiger partial charge on any atom is -0.449 e. The number of amides is 2. The van der Waals surface area contributed by atoms with E-state index in [4.69, 9.17) is 18.9 Å². The number of hydrogen-bond donors (Lipinski definition) is 2. The smallest absolute Gasteiger partial charge is 0.319 e. The van der Waals surface area contributed by atoms with Gasteiger partial charge >= 0.3 is 6.03 Å². The van der Waals surface area contributed by atoms with E-state index >= 15 is 0 Å². The molecular formula is C17H24N2O5. The maximum atomic E-state index is 12.1. The molecule has 1 aromatic carbocycles. The molecule has 7 nitrogen and oxygen atoms in total. The SMILES string of the molecule is CC[C@]1(C)Oc2ccc(NC(=O)NCC3(C)OCCCO3)cc2O1. The van der Waals surface area contributed by atoms with Gasteiger partial charge in [-0.05, 0) is 25.5 Å². The Hall–Kier alpha value is -1.99. The van der Waals surface area contributed by atoms with Crippen molar-refractivity contribution in [2.24, 2.45) is 0 Å². The summed E-state index contributed by atoms with van der Waals surface area (Å²) in [4.78, 5) is 12.1. The molecule has 24 heavy (non-hydrogen) atoms. The Kier molecular flexibility index (Phi) is 4.56. The van der Waals surface area contributed by atoms with Crippen molar-refractivity contribution in [3.05, 3.63) is 18.2 Å². The standard InChI is InChI=1S/C17H24N2O5/c1-4-16(2)23-13-7-6-12(10-14(13)24-16)19-15(20)18-11-17(3)21-8-5-9-22-17/h6-7,10H,4-5,8-9,11H2,1-3H3,(H2,18,19,20)/t16-/m1/s1. The summed E-state index contributed by atoms with van der Waals surface area (Å²) in [7, 11) is 0. The van der Waals surface area contributed by atoms with Gasteiger partial charge in [-0.3, -0.25) is 0 Å². The molecule has 1 saturated heterocycles. The van der Waals surface area contributed by atoms with Gasteiger partial charge in [0.05, 0.1) is 19.8 Å². The number of fused-ring (bicyclic) bond motifs is 1. The summed E-state index contributed by atoms with van der Waals surface area (Å²) >= 11 is 0. The molecule has 132 valence electrons. The van der Waals surface area contributed by atoms with Crippen LogP contribution in [0.1, 0.15) is 33.6 Å². The number of carbonyl (C=O) groups excluding carboxylic acids is 1. The number of ether oxygens (including phenoxy) is 4. The zero-order chi connectivity index (χ0) is 17.2. The van der Waals surface area contributed by atoms with Crippen LogP contribution < -0.4 is 20.1 Å². The number of anilines is 1. The van der Waals surface area contributed by atoms with Crippen molar-refractivity contribution in [2.75, 3.05) is 25.1 Å². The largest absolute Gasteiger partial charge is 0.449 e. The summed E-state index contributed by atoms with van der Waals surface area (Å²) < 4.78 is 22.7. The lowest BCUT2D eigenvalue weighted by atomic mass is 10.2. The zero-order valence-corrected chi connectivity index (χ0v) is 14.3. The van der Waals surface area contributed by atoms with Crippen LogP contribution in [0.5, 0.6) is 11.5 Å². The van der Waals surface area contributed by atoms with Crippen molar-refractivity contribution in [1.29, 1.82) is 0 Å². The van der Waals surface area contributed by atoms with Crippen molar-refractivity contribution >= 4 is 11.7 Å². The first-order chi connectivity index (χ1) is 11.4. The maximum absolute atomic E-state index is 12.1. The second-order valence-corrected chi connectivity index (χ2v) is 6.34. The lowest BCUT2D eigenvalue weighted by molar-refractivity contribution is -0.250. The van der Waals surface area contributed by atoms with Gasteiger partial charge in [-0.25, -0.2) is 4.79 Å². The highest BCUT2D eigenvalue weighted by atomic mass is 16.7. The van der Waals surface area contributed by atoms with Gasteiger partial charge in [0.25, 0.3) is 0 Å². The van der Waals surface area contributed by atoms with E-state index in [-0.39, 0.29) is 12.6 Å². The summed E-state index contributed by atoms with van der Waals surface area (Å²) in [6.45, 7) is 7.25. The first-order valence-corrected chi connectivity index (χ1v) is 8.26. The Labute approximate surface area is 141 Å². The van der Waals surface area contributed by atoms with E-state index in [1.54, 1.807) is 18.2 Å². The van der Waals surface area contributed by atoms with E-state index in [2.05, 4.69) is 10.6 Å². The van der Waals surface area contributed by atoms with Gasteiger partial charge in [-0.15, -0.1) is 0 Å². The van der Waals surface area contributed by atoms with Crippen molar-refractivity contribution < 1.29 is 23.7 Å². The number of urea groups is 1. The molecule has 2 N–H and O–H groups in total. The molecule has 0 bridgehead atoms. The third-order valence-corrected chi connectivity index (χ3v) is 4.17. The van der Waals surface area contributed by atoms with Gasteiger partial charge in [0, 0.05) is 25.1 Å². The van der Waals surface area contributed by atoms with Crippen LogP contribution in [0.4, 0.5) is 10.5 Å². The quantitative estimate of drug-likeness (QED) is 0.884. The molecule has 1 atom stereocenters. The van der Waals surface area contributed by atoms with Gasteiger partial charge in [0.1, 0.15) is 0 Å². The highest BCUT2D eigenvalue weighted by molar-refractivity contribution is 5.89. The predicted molar refractivity (Wildman–Crippen MR) is 88.3 cm³/mol. The van der Waals surface area contributed by atoms with Crippen LogP contribution in [0.2, 0.25) is 0 Å². The van der Waals surface area contributed by atoms with E-state index in [9.17, 15) is 4.79 Å². The van der Waals surface area contributed by atoms with Crippen molar-refractivity contribution in [1.82, 2.24) is 5.32 Å². The van der Waals surface area contributed by atoms with Gasteiger partial charge < -0.3 is 29.6 Å². The first-order valence-electron chi connectivity index (χ1n) is 8.26. The van der Waals surface area contributed by atoms with Crippen LogP contribution in [-0.2, 0) is 9.47 Å². The Bertz CT molecular complexity index is 615. The number of nitrogens with one attached hydrogen (secondary N) is 2. The summed E-state index contributed by atoms with van der Waals surface area (Å²) in [5, 5.41) is 5.54. The Balaban J connectivity index is 1.55. The molecule has 2 amide bonds. The van der Waals surface area contributed by atoms with E-state index in [0.717, 1.165) is 12.8 Å². The molecule has 0 radical (unpaired) electrons. The average molecular weight is 336 g/mol. The van der Waals surface area contributed by atoms with Crippen LogP contribution in [-0.4, -0.2) is 37.4 Å². The molecule has 0 unspecified atom stereocenters. The fraction of sp³-hybridized carbons (Fsp3) is 0.588. The fourth-order valence-corrected chi connectivity index (χ4v) is 2.58. The predicted octanol–water partition coefficient (Wildman–Crippen LogP) is 2.86. The van der Waals surface area contributed by atoms with Gasteiger partial charge in [-0.2, -0.15) is 0 Å². The van der Waals surface area contributed by atoms with Crippen LogP contribution in [0.15, 0.2) is 18.2 Å². The van der Waals surface area contributed by atoms with Gasteiger partial charge in [-0.1, -0.05) is 6.92 Å². The molecule has 1 fully saturated rings. The second kappa shape index (κ2) is 6.49. The average Bonchev–Trinajstić information content (AvgIpc) is 2.90. The number of hydrogen-bond acceptors (Lipinski definition) is 5. The number of rotatable bonds is 4. The van der Waals surface area contributed by atoms with Crippen molar-refractivity contribution in [3.63, 3.8) is 0 Å². The molecule has 1 aromatic rings. The van der Waals surface area contributed by atoms with Crippen LogP contribution >= 0.6 is 0 Å². The maximum Gasteiger partial charge on any atom is 0.319 e. The van der Waals surface area contributed by atoms with Crippen LogP contribution in [0.3, 0.4) is 0 Å². The van der Waals surface area contributed by atoms with Crippen LogP contribution in [0.25, 0.3) is 0 Å². The molecule has 2 aliphatic rings. The summed E-state index contributed by atoms with van der Waals surface area (Å²) in [5.74, 6) is -0.106. The molecule has 2 heterocycles. The molecule has 3 rings (SSSR count). The Morgan fingerprint density at radius 2 is 1.83 bits per heavy atom. The normalized spacial score (nSPS) is 24.5. The van der Waals surface area contributed by atoms with E-state index < -0.39 is 11.6 Å². The second-order valence-electron chi connectivity index (χ2n) is 6.34. The van der Waals surface area contributed by atoms with E-state index in [1.807, 2.05) is 20.8 Å². The van der Waals surface area contributed by atoms with Crippen LogP contribution in [0, 0.1) is 0 Å². The van der Waals surface area contributed by atoms with Crippen molar-refractivity contribution in [3.8, 4) is 11.5 Å². The first kappa shape index (κ1) is 16.9. The molecule has 0 aromatic heterocycles. The third-order valence-electron chi connectivity index (χ3n) is 4.17. The van der Waals surface area contributed by atoms with Crippen molar-refractivity contribution in [2.45, 2.75) is 45.2 Å². The lowest BCUT2D eigenvalue weighted by Crippen LogP contribution is -2.48. The van der Waals surface area contributed by atoms with Gasteiger partial charge in [0.15, 0.2) is 17.3 Å². The summed E-state index contributed by atoms with van der Waals surface area (Å²) in [6, 6.07) is 5.00. The fourth-order valence-electron chi connectivity index (χ4n) is 2.58. The molecule has 2 aliphatic heterocycles. The van der Waals surface area contributed by atoms with E-state index in [1.165, 1.54) is 0 Å². The molecule has 7 heteroatoms. The Morgan fingerprint density at radius 1 is 1.12 bits per heavy atom. The highest BCUT2D eigenvalue weighted by Gasteiger charge is 2.35. The zero-order valence-electron chi connectivity index (χ0n) is 14.3. The molecular weight excluding hydrogens is 312 g/mol. The highest BCUT2D eigenvalue weighted by Crippen LogP contribution is 2.41. The summed E-state index contributed by atoms with van der Waals surface area (Å²) in [6.07, 6.45) is 1.60. The third kappa shape index (κ3) is 3.73. The molecule has 0 spiro atoms. The Morgan fingerprint density at radius 3 is 2.54 bits per heavy atom. The van der Waals surface area contributed by atoms with Gasteiger partial charge in [0.2, 0.25) is 5.79 Å².